The molecule has 0 fully saturated rings. The van der Waals surface area contributed by atoms with E-state index in [1.165, 1.54) is 26.0 Å². The van der Waals surface area contributed by atoms with Crippen molar-refractivity contribution in [3.63, 3.8) is 0 Å². The number of benzene rings is 1. The summed E-state index contributed by atoms with van der Waals surface area (Å²) in [7, 11) is 0. The predicted octanol–water partition coefficient (Wildman–Crippen LogP) is 3.55. The molecule has 1 rings (SSSR count). The number of carboxylic acid groups (broad SMARTS) is 1. The Hall–Kier alpha value is -2.31. The molecule has 0 aliphatic heterocycles. The second kappa shape index (κ2) is 6.44. The molecule has 126 valence electrons. The van der Waals surface area contributed by atoms with Crippen molar-refractivity contribution in [1.29, 1.82) is 0 Å². The molecule has 0 radical (unpaired) electrons. The predicted molar refractivity (Wildman–Crippen MR) is 78.6 cm³/mol. The Morgan fingerprint density at radius 1 is 1.17 bits per heavy atom. The van der Waals surface area contributed by atoms with Gasteiger partial charge in [-0.1, -0.05) is 18.7 Å². The van der Waals surface area contributed by atoms with Gasteiger partial charge in [0.15, 0.2) is 0 Å². The van der Waals surface area contributed by atoms with Gasteiger partial charge in [-0.2, -0.15) is 13.2 Å². The van der Waals surface area contributed by atoms with Gasteiger partial charge in [-0.05, 0) is 38.5 Å². The SMILES string of the molecule is C=C(C(=O)O)C(C)(C)C(=O)N[C@@H](C)c1ccc(C(F)(F)F)cc1. The molecule has 0 unspecified atom stereocenters. The van der Waals surface area contributed by atoms with Gasteiger partial charge in [-0.25, -0.2) is 4.79 Å². The zero-order valence-electron chi connectivity index (χ0n) is 13.0. The fraction of sp³-hybridized carbons (Fsp3) is 0.375. The van der Waals surface area contributed by atoms with Gasteiger partial charge in [-0.15, -0.1) is 0 Å². The van der Waals surface area contributed by atoms with E-state index in [-0.39, 0.29) is 5.57 Å². The van der Waals surface area contributed by atoms with E-state index in [9.17, 15) is 22.8 Å². The molecule has 1 atom stereocenters. The summed E-state index contributed by atoms with van der Waals surface area (Å²) in [6.07, 6.45) is -4.42. The summed E-state index contributed by atoms with van der Waals surface area (Å²) in [5, 5.41) is 11.5. The molecule has 0 saturated carbocycles. The molecule has 1 aromatic carbocycles. The number of alkyl halides is 3. The van der Waals surface area contributed by atoms with Crippen LogP contribution in [0, 0.1) is 5.41 Å². The fourth-order valence-electron chi connectivity index (χ4n) is 1.83. The highest BCUT2D eigenvalue weighted by atomic mass is 19.4. The first-order valence-electron chi connectivity index (χ1n) is 6.78. The van der Waals surface area contributed by atoms with Crippen LogP contribution < -0.4 is 5.32 Å². The summed E-state index contributed by atoms with van der Waals surface area (Å²) in [6, 6.07) is 3.82. The Morgan fingerprint density at radius 2 is 1.65 bits per heavy atom. The summed E-state index contributed by atoms with van der Waals surface area (Å²) in [6.45, 7) is 7.81. The van der Waals surface area contributed by atoms with Gasteiger partial charge in [0, 0.05) is 5.57 Å². The third kappa shape index (κ3) is 4.34. The van der Waals surface area contributed by atoms with E-state index in [1.54, 1.807) is 6.92 Å². The van der Waals surface area contributed by atoms with E-state index in [0.717, 1.165) is 12.1 Å². The van der Waals surface area contributed by atoms with Crippen molar-refractivity contribution in [2.24, 2.45) is 5.41 Å². The zero-order valence-corrected chi connectivity index (χ0v) is 13.0. The normalized spacial score (nSPS) is 13.3. The Labute approximate surface area is 132 Å². The van der Waals surface area contributed by atoms with Crippen molar-refractivity contribution in [1.82, 2.24) is 5.32 Å². The highest BCUT2D eigenvalue weighted by Gasteiger charge is 2.35. The quantitative estimate of drug-likeness (QED) is 0.812. The number of nitrogens with one attached hydrogen (secondary N) is 1. The molecule has 0 heterocycles. The second-order valence-corrected chi connectivity index (χ2v) is 5.72. The number of carbonyl (C=O) groups excluding carboxylic acids is 1. The molecule has 1 amide bonds. The van der Waals surface area contributed by atoms with Crippen LogP contribution in [0.1, 0.15) is 37.9 Å². The number of hydrogen-bond acceptors (Lipinski definition) is 2. The number of rotatable bonds is 5. The van der Waals surface area contributed by atoms with Crippen LogP contribution in [0.4, 0.5) is 13.2 Å². The van der Waals surface area contributed by atoms with Gasteiger partial charge in [0.2, 0.25) is 5.91 Å². The van der Waals surface area contributed by atoms with E-state index in [4.69, 9.17) is 5.11 Å². The largest absolute Gasteiger partial charge is 0.478 e. The van der Waals surface area contributed by atoms with Crippen LogP contribution >= 0.6 is 0 Å². The first-order valence-corrected chi connectivity index (χ1v) is 6.78. The fourth-order valence-corrected chi connectivity index (χ4v) is 1.83. The van der Waals surface area contributed by atoms with Gasteiger partial charge in [0.25, 0.3) is 0 Å². The lowest BCUT2D eigenvalue weighted by Crippen LogP contribution is -2.40. The topological polar surface area (TPSA) is 66.4 Å². The molecule has 0 aliphatic carbocycles. The van der Waals surface area contributed by atoms with E-state index in [0.29, 0.717) is 5.56 Å². The average Bonchev–Trinajstić information content (AvgIpc) is 2.45. The first kappa shape index (κ1) is 18.7. The summed E-state index contributed by atoms with van der Waals surface area (Å²) in [5.41, 5.74) is -1.91. The molecule has 0 saturated heterocycles. The van der Waals surface area contributed by atoms with E-state index in [1.807, 2.05) is 0 Å². The number of carbonyl (C=O) groups is 2. The molecule has 7 heteroatoms. The average molecular weight is 329 g/mol. The lowest BCUT2D eigenvalue weighted by molar-refractivity contribution is -0.138. The van der Waals surface area contributed by atoms with E-state index in [2.05, 4.69) is 11.9 Å². The van der Waals surface area contributed by atoms with Crippen LogP contribution in [-0.4, -0.2) is 17.0 Å². The molecule has 0 aliphatic rings. The van der Waals surface area contributed by atoms with Crippen LogP contribution in [-0.2, 0) is 15.8 Å². The maximum absolute atomic E-state index is 12.5. The maximum Gasteiger partial charge on any atom is 0.416 e. The van der Waals surface area contributed by atoms with Gasteiger partial charge in [0.05, 0.1) is 17.0 Å². The molecule has 4 nitrogen and oxygen atoms in total. The van der Waals surface area contributed by atoms with Gasteiger partial charge in [-0.3, -0.25) is 4.79 Å². The minimum Gasteiger partial charge on any atom is -0.478 e. The lowest BCUT2D eigenvalue weighted by atomic mass is 9.83. The highest BCUT2D eigenvalue weighted by molar-refractivity contribution is 5.98. The van der Waals surface area contributed by atoms with Crippen molar-refractivity contribution < 1.29 is 27.9 Å². The zero-order chi connectivity index (χ0) is 18.0. The Balaban J connectivity index is 2.87. The second-order valence-electron chi connectivity index (χ2n) is 5.72. The van der Waals surface area contributed by atoms with Crippen molar-refractivity contribution in [3.8, 4) is 0 Å². The smallest absolute Gasteiger partial charge is 0.416 e. The Morgan fingerprint density at radius 3 is 2.04 bits per heavy atom. The summed E-state index contributed by atoms with van der Waals surface area (Å²) in [4.78, 5) is 23.2. The minimum absolute atomic E-state index is 0.269. The lowest BCUT2D eigenvalue weighted by Gasteiger charge is -2.26. The van der Waals surface area contributed by atoms with Crippen molar-refractivity contribution in [2.75, 3.05) is 0 Å². The van der Waals surface area contributed by atoms with Gasteiger partial charge >= 0.3 is 12.1 Å². The first-order chi connectivity index (χ1) is 10.4. The third-order valence-electron chi connectivity index (χ3n) is 3.67. The van der Waals surface area contributed by atoms with Crippen molar-refractivity contribution in [3.05, 3.63) is 47.5 Å². The molecule has 0 spiro atoms. The molecular weight excluding hydrogens is 311 g/mol. The maximum atomic E-state index is 12.5. The minimum atomic E-state index is -4.42. The molecular formula is C16H18F3NO3. The molecule has 1 aromatic rings. The van der Waals surface area contributed by atoms with Crippen molar-refractivity contribution in [2.45, 2.75) is 33.0 Å². The van der Waals surface area contributed by atoms with Crippen LogP contribution in [0.15, 0.2) is 36.4 Å². The van der Waals surface area contributed by atoms with Gasteiger partial charge < -0.3 is 10.4 Å². The van der Waals surface area contributed by atoms with E-state index >= 15 is 0 Å². The third-order valence-corrected chi connectivity index (χ3v) is 3.67. The molecule has 0 aromatic heterocycles. The van der Waals surface area contributed by atoms with Crippen LogP contribution in [0.3, 0.4) is 0 Å². The Kier molecular flexibility index (Phi) is 5.24. The molecule has 2 N–H and O–H groups in total. The highest BCUT2D eigenvalue weighted by Crippen LogP contribution is 2.30. The Bertz CT molecular complexity index is 618. The summed E-state index contributed by atoms with van der Waals surface area (Å²) < 4.78 is 37.5. The number of hydrogen-bond donors (Lipinski definition) is 2. The van der Waals surface area contributed by atoms with Gasteiger partial charge in [0.1, 0.15) is 0 Å². The molecule has 0 bridgehead atoms. The number of amides is 1. The number of carboxylic acids is 1. The van der Waals surface area contributed by atoms with E-state index < -0.39 is 35.1 Å². The number of halogens is 3. The molecule has 23 heavy (non-hydrogen) atoms. The summed E-state index contributed by atoms with van der Waals surface area (Å²) >= 11 is 0. The van der Waals surface area contributed by atoms with Crippen molar-refractivity contribution >= 4 is 11.9 Å². The summed E-state index contributed by atoms with van der Waals surface area (Å²) in [5.74, 6) is -1.86. The van der Waals surface area contributed by atoms with Crippen LogP contribution in [0.5, 0.6) is 0 Å². The number of aliphatic carboxylic acids is 1. The standard InChI is InChI=1S/C16H18F3NO3/c1-9(13(21)22)15(3,4)14(23)20-10(2)11-5-7-12(8-6-11)16(17,18)19/h5-8,10H,1H2,2-4H3,(H,20,23)(H,21,22)/t10-/m0/s1. The van der Waals surface area contributed by atoms with Crippen LogP contribution in [0.2, 0.25) is 0 Å². The van der Waals surface area contributed by atoms with Crippen LogP contribution in [0.25, 0.3) is 0 Å². The monoisotopic (exact) mass is 329 g/mol.